The van der Waals surface area contributed by atoms with Gasteiger partial charge in [-0.25, -0.2) is 4.79 Å². The van der Waals surface area contributed by atoms with Crippen LogP contribution in [0.5, 0.6) is 0 Å². The van der Waals surface area contributed by atoms with Crippen LogP contribution in [0.25, 0.3) is 0 Å². The van der Waals surface area contributed by atoms with E-state index in [1.54, 1.807) is 0 Å². The van der Waals surface area contributed by atoms with Gasteiger partial charge in [0.05, 0.1) is 0 Å². The van der Waals surface area contributed by atoms with E-state index in [1.165, 1.54) is 0 Å². The van der Waals surface area contributed by atoms with Crippen LogP contribution in [0.4, 0.5) is 8.78 Å². The maximum absolute atomic E-state index is 11.6. The van der Waals surface area contributed by atoms with Crippen LogP contribution in [0.2, 0.25) is 0 Å². The first kappa shape index (κ1) is 7.53. The Kier molecular flexibility index (Phi) is 2.58. The number of halogens is 3. The Morgan fingerprint density at radius 2 is 2.25 bits per heavy atom. The zero-order valence-corrected chi connectivity index (χ0v) is 4.45. The summed E-state index contributed by atoms with van der Waals surface area (Å²) in [5.41, 5.74) is 0. The molecule has 0 N–H and O–H groups in total. The van der Waals surface area contributed by atoms with Crippen LogP contribution in [0.15, 0.2) is 4.99 Å². The molecule has 0 rings (SSSR count). The fourth-order valence-corrected chi connectivity index (χ4v) is 0.156. The molecule has 0 aromatic heterocycles. The van der Waals surface area contributed by atoms with Crippen LogP contribution in [0.1, 0.15) is 0 Å². The highest BCUT2D eigenvalue weighted by Gasteiger charge is 2.25. The van der Waals surface area contributed by atoms with E-state index in [0.717, 1.165) is 0 Å². The second kappa shape index (κ2) is 2.74. The van der Waals surface area contributed by atoms with Gasteiger partial charge in [-0.2, -0.15) is 8.78 Å². The fourth-order valence-electron chi connectivity index (χ4n) is 0.0967. The number of carbonyl (C=O) groups excluding carboxylic acids is 1. The summed E-state index contributed by atoms with van der Waals surface area (Å²) in [7, 11) is 0. The van der Waals surface area contributed by atoms with Crippen LogP contribution in [-0.4, -0.2) is 18.0 Å². The first-order valence-electron chi connectivity index (χ1n) is 1.65. The average molecular weight is 142 g/mol. The van der Waals surface area contributed by atoms with Gasteiger partial charge in [0.25, 0.3) is 0 Å². The zero-order valence-electron chi connectivity index (χ0n) is 3.70. The smallest absolute Gasteiger partial charge is 0.211 e. The molecule has 0 saturated heterocycles. The molecule has 46 valence electrons. The van der Waals surface area contributed by atoms with Gasteiger partial charge in [0.1, 0.15) is 5.88 Å². The third kappa shape index (κ3) is 2.66. The molecular weight excluding hydrogens is 139 g/mol. The molecule has 0 unspecified atom stereocenters. The normalized spacial score (nSPS) is 10.4. The van der Waals surface area contributed by atoms with Gasteiger partial charge in [-0.1, -0.05) is 0 Å². The lowest BCUT2D eigenvalue weighted by molar-refractivity contribution is 0.0365. The summed E-state index contributed by atoms with van der Waals surface area (Å²) < 4.78 is 23.2. The van der Waals surface area contributed by atoms with Crippen LogP contribution in [0, 0.1) is 0 Å². The molecule has 0 aromatic carbocycles. The van der Waals surface area contributed by atoms with E-state index in [-0.39, 0.29) is 0 Å². The predicted molar refractivity (Wildman–Crippen MR) is 23.8 cm³/mol. The number of aliphatic imine (C=N–C) groups is 1. The molecule has 0 saturated carbocycles. The maximum atomic E-state index is 11.6. The maximum Gasteiger partial charge on any atom is 0.365 e. The summed E-state index contributed by atoms with van der Waals surface area (Å²) in [4.78, 5) is 11.3. The van der Waals surface area contributed by atoms with Gasteiger partial charge in [-0.15, -0.1) is 16.6 Å². The molecule has 2 nitrogen and oxygen atoms in total. The Morgan fingerprint density at radius 3 is 2.38 bits per heavy atom. The largest absolute Gasteiger partial charge is 0.365 e. The Morgan fingerprint density at radius 1 is 1.75 bits per heavy atom. The van der Waals surface area contributed by atoms with Crippen molar-refractivity contribution < 1.29 is 13.6 Å². The van der Waals surface area contributed by atoms with E-state index in [0.29, 0.717) is 6.08 Å². The fraction of sp³-hybridized carbons (Fsp3) is 0.667. The second-order valence-electron chi connectivity index (χ2n) is 1.00. The van der Waals surface area contributed by atoms with Crippen molar-refractivity contribution in [3.05, 3.63) is 0 Å². The van der Waals surface area contributed by atoms with E-state index in [2.05, 4.69) is 16.6 Å². The van der Waals surface area contributed by atoms with Gasteiger partial charge in [0.15, 0.2) is 0 Å². The molecule has 5 heteroatoms. The summed E-state index contributed by atoms with van der Waals surface area (Å²) in [6.07, 6.45) is 0.699. The molecule has 0 atom stereocenters. The molecular formula is C3H2ClF2NO. The molecule has 0 radical (unpaired) electrons. The van der Waals surface area contributed by atoms with Crippen molar-refractivity contribution in [2.24, 2.45) is 4.99 Å². The molecule has 0 aromatic rings. The van der Waals surface area contributed by atoms with Gasteiger partial charge in [-0.05, 0) is 0 Å². The van der Waals surface area contributed by atoms with E-state index in [1.807, 2.05) is 0 Å². The Hall–Kier alpha value is -0.470. The number of hydrogen-bond acceptors (Lipinski definition) is 2. The lowest BCUT2D eigenvalue weighted by Gasteiger charge is -1.99. The number of isocyanates is 1. The summed E-state index contributed by atoms with van der Waals surface area (Å²) in [5.74, 6) is -0.984. The van der Waals surface area contributed by atoms with Crippen LogP contribution < -0.4 is 0 Å². The molecule has 0 fully saturated rings. The van der Waals surface area contributed by atoms with Gasteiger partial charge < -0.3 is 0 Å². The minimum Gasteiger partial charge on any atom is -0.211 e. The van der Waals surface area contributed by atoms with Gasteiger partial charge in [0, 0.05) is 0 Å². The summed E-state index contributed by atoms with van der Waals surface area (Å²) in [5, 5.41) is 0. The van der Waals surface area contributed by atoms with Crippen molar-refractivity contribution in [3.63, 3.8) is 0 Å². The van der Waals surface area contributed by atoms with Crippen molar-refractivity contribution in [1.82, 2.24) is 0 Å². The molecule has 0 aliphatic rings. The van der Waals surface area contributed by atoms with Gasteiger partial charge >= 0.3 is 6.05 Å². The van der Waals surface area contributed by atoms with E-state index in [9.17, 15) is 8.78 Å². The van der Waals surface area contributed by atoms with Gasteiger partial charge in [0.2, 0.25) is 6.08 Å². The van der Waals surface area contributed by atoms with Crippen LogP contribution in [-0.2, 0) is 4.79 Å². The molecule has 0 amide bonds. The SMILES string of the molecule is O=C=NC(F)(F)CCl. The average Bonchev–Trinajstić information content (AvgIpc) is 1.67. The molecule has 0 bridgehead atoms. The number of alkyl halides is 3. The standard InChI is InChI=1S/C3H2ClF2NO/c4-1-3(5,6)7-2-8/h1H2. The highest BCUT2D eigenvalue weighted by atomic mass is 35.5. The predicted octanol–water partition coefficient (Wildman–Crippen LogP) is 1.15. The molecule has 0 heterocycles. The van der Waals surface area contributed by atoms with Crippen molar-refractivity contribution in [3.8, 4) is 0 Å². The van der Waals surface area contributed by atoms with Crippen LogP contribution in [0.3, 0.4) is 0 Å². The van der Waals surface area contributed by atoms with Crippen molar-refractivity contribution in [1.29, 1.82) is 0 Å². The quantitative estimate of drug-likeness (QED) is 0.246. The lowest BCUT2D eigenvalue weighted by Crippen LogP contribution is -2.13. The minimum atomic E-state index is -3.44. The number of nitrogens with zero attached hydrogens (tertiary/aromatic N) is 1. The third-order valence-corrected chi connectivity index (χ3v) is 0.692. The summed E-state index contributed by atoms with van der Waals surface area (Å²) >= 11 is 4.65. The molecule has 0 aliphatic heterocycles. The van der Waals surface area contributed by atoms with E-state index < -0.39 is 11.9 Å². The molecule has 0 spiro atoms. The molecule has 8 heavy (non-hydrogen) atoms. The second-order valence-corrected chi connectivity index (χ2v) is 1.27. The highest BCUT2D eigenvalue weighted by Crippen LogP contribution is 2.14. The molecule has 0 aliphatic carbocycles. The van der Waals surface area contributed by atoms with Crippen molar-refractivity contribution in [2.75, 3.05) is 5.88 Å². The number of hydrogen-bond donors (Lipinski definition) is 0. The van der Waals surface area contributed by atoms with E-state index in [4.69, 9.17) is 4.79 Å². The zero-order chi connectivity index (χ0) is 6.62. The number of rotatable bonds is 2. The minimum absolute atomic E-state index is 0.699. The lowest BCUT2D eigenvalue weighted by atomic mass is 10.7. The Balaban J connectivity index is 3.90. The first-order valence-corrected chi connectivity index (χ1v) is 2.18. The van der Waals surface area contributed by atoms with Crippen molar-refractivity contribution in [2.45, 2.75) is 6.05 Å². The van der Waals surface area contributed by atoms with Crippen LogP contribution >= 0.6 is 11.6 Å². The summed E-state index contributed by atoms with van der Waals surface area (Å²) in [6, 6.07) is -3.44. The monoisotopic (exact) mass is 141 g/mol. The summed E-state index contributed by atoms with van der Waals surface area (Å²) in [6.45, 7) is 0. The van der Waals surface area contributed by atoms with Gasteiger partial charge in [-0.3, -0.25) is 0 Å². The van der Waals surface area contributed by atoms with E-state index >= 15 is 0 Å². The Bertz CT molecular complexity index is 120. The third-order valence-electron chi connectivity index (χ3n) is 0.370. The highest BCUT2D eigenvalue weighted by molar-refractivity contribution is 6.18. The Labute approximate surface area is 49.2 Å². The van der Waals surface area contributed by atoms with Crippen molar-refractivity contribution >= 4 is 17.7 Å². The first-order chi connectivity index (χ1) is 3.62. The topological polar surface area (TPSA) is 29.4 Å².